The first-order valence-corrected chi connectivity index (χ1v) is 27.8. The lowest BCUT2D eigenvalue weighted by molar-refractivity contribution is -0.137. The number of nitrogens with zero attached hydrogens (tertiary/aromatic N) is 6. The van der Waals surface area contributed by atoms with Crippen molar-refractivity contribution in [3.8, 4) is 34.3 Å². The van der Waals surface area contributed by atoms with Crippen molar-refractivity contribution in [1.29, 1.82) is 5.26 Å². The van der Waals surface area contributed by atoms with E-state index in [1.54, 1.807) is 0 Å². The average Bonchev–Trinajstić information content (AvgIpc) is 3.90. The summed E-state index contributed by atoms with van der Waals surface area (Å²) in [4.78, 5) is 26.6. The fourth-order valence-electron chi connectivity index (χ4n) is 10.9. The smallest absolute Gasteiger partial charge is 0.328 e. The molecule has 0 amide bonds. The third-order valence-corrected chi connectivity index (χ3v) is 16.5. The Morgan fingerprint density at radius 3 is 1.57 bits per heavy atom. The Hall–Kier alpha value is -9.52. The number of carboxylic acids is 1. The highest BCUT2D eigenvalue weighted by Crippen LogP contribution is 2.39. The highest BCUT2D eigenvalue weighted by Gasteiger charge is 2.38. The number of benzene rings is 8. The van der Waals surface area contributed by atoms with Gasteiger partial charge in [0, 0.05) is 39.5 Å². The molecule has 0 unspecified atom stereocenters. The lowest BCUT2D eigenvalue weighted by atomic mass is 9.50. The Kier molecular flexibility index (Phi) is 14.1. The summed E-state index contributed by atoms with van der Waals surface area (Å²) in [5.74, 6) is -0.203. The molecular weight excluding hydrogens is 1010 g/mol. The van der Waals surface area contributed by atoms with Gasteiger partial charge in [-0.3, -0.25) is 4.79 Å². The van der Waals surface area contributed by atoms with Crippen LogP contribution in [0.5, 0.6) is 5.75 Å². The highest BCUT2D eigenvalue weighted by molar-refractivity contribution is 7.20. The fraction of sp³-hybridized carbons (Fsp3) is 0.0758. The van der Waals surface area contributed by atoms with Crippen LogP contribution in [-0.2, 0) is 4.79 Å². The van der Waals surface area contributed by atoms with E-state index in [1.165, 1.54) is 22.7 Å². The van der Waals surface area contributed by atoms with Gasteiger partial charge in [0.1, 0.15) is 27.4 Å². The number of nitriles is 1. The van der Waals surface area contributed by atoms with E-state index >= 15 is 0 Å². The molecule has 378 valence electrons. The third kappa shape index (κ3) is 9.61. The van der Waals surface area contributed by atoms with Crippen molar-refractivity contribution < 1.29 is 14.6 Å². The summed E-state index contributed by atoms with van der Waals surface area (Å²) >= 11 is 2.98. The Morgan fingerprint density at radius 2 is 1.06 bits per heavy atom. The zero-order valence-corrected chi connectivity index (χ0v) is 44.7. The minimum atomic E-state index is -0.832. The molecule has 0 atom stereocenters. The van der Waals surface area contributed by atoms with Gasteiger partial charge in [0.05, 0.1) is 39.0 Å². The molecule has 0 aliphatic carbocycles. The number of ether oxygens (including phenoxy) is 1. The normalized spacial score (nSPS) is 12.0. The van der Waals surface area contributed by atoms with Crippen LogP contribution in [0.15, 0.2) is 218 Å². The van der Waals surface area contributed by atoms with Crippen molar-refractivity contribution in [1.82, 2.24) is 18.9 Å². The molecule has 8 aromatic carbocycles. The molecule has 12 rings (SSSR count). The number of aromatic nitrogens is 4. The fourth-order valence-corrected chi connectivity index (χ4v) is 12.9. The summed E-state index contributed by atoms with van der Waals surface area (Å²) in [6.07, 6.45) is 1.15. The number of thiazole rings is 2. The summed E-state index contributed by atoms with van der Waals surface area (Å²) in [6, 6.07) is 77.0. The molecule has 13 heteroatoms. The molecule has 4 heterocycles. The van der Waals surface area contributed by atoms with Crippen LogP contribution >= 0.6 is 22.7 Å². The summed E-state index contributed by atoms with van der Waals surface area (Å²) in [7, 11) is 0. The van der Waals surface area contributed by atoms with E-state index in [9.17, 15) is 21.7 Å². The topological polar surface area (TPSA) is 110 Å². The molecule has 0 spiro atoms. The lowest BCUT2D eigenvalue weighted by Crippen LogP contribution is -2.54. The zero-order chi connectivity index (χ0) is 53.8. The van der Waals surface area contributed by atoms with Gasteiger partial charge in [0.25, 0.3) is 0 Å². The molecule has 0 aliphatic rings. The first-order valence-electron chi connectivity index (χ1n) is 26.2. The largest absolute Gasteiger partial charge is 0.494 e. The number of hydrogen-bond donors (Lipinski definition) is 1. The van der Waals surface area contributed by atoms with Gasteiger partial charge in [-0.25, -0.2) is 14.8 Å². The van der Waals surface area contributed by atoms with Gasteiger partial charge in [0.15, 0.2) is 0 Å². The monoisotopic (exact) mass is 1060 g/mol. The number of carboxylic acid groups (broad SMARTS) is 1. The number of unbranched alkanes of at least 4 members (excludes halogenated alkanes) is 1. The predicted octanol–water partition coefficient (Wildman–Crippen LogP) is 11.0. The number of hydrogen-bond acceptors (Lipinski definition) is 7. The van der Waals surface area contributed by atoms with Gasteiger partial charge in [0.2, 0.25) is 5.70 Å². The van der Waals surface area contributed by atoms with Gasteiger partial charge in [-0.05, 0) is 79.4 Å². The van der Waals surface area contributed by atoms with Crippen LogP contribution in [0, 0.1) is 24.8 Å². The van der Waals surface area contributed by atoms with Gasteiger partial charge in [-0.1, -0.05) is 192 Å². The molecule has 79 heavy (non-hydrogen) atoms. The zero-order valence-electron chi connectivity index (χ0n) is 43.0. The van der Waals surface area contributed by atoms with E-state index in [4.69, 9.17) is 14.7 Å². The Morgan fingerprint density at radius 1 is 0.595 bits per heavy atom. The van der Waals surface area contributed by atoms with Crippen LogP contribution in [0.2, 0.25) is 0 Å². The van der Waals surface area contributed by atoms with Crippen molar-refractivity contribution in [3.63, 3.8) is 0 Å². The summed E-state index contributed by atoms with van der Waals surface area (Å²) in [5.41, 5.74) is 10.6. The van der Waals surface area contributed by atoms with Crippen LogP contribution in [0.3, 0.4) is 0 Å². The maximum atomic E-state index is 12.3. The maximum Gasteiger partial charge on any atom is 0.328 e. The molecule has 9 nitrogen and oxygen atoms in total. The van der Waals surface area contributed by atoms with Crippen molar-refractivity contribution in [2.24, 2.45) is 0 Å². The Labute approximate surface area is 466 Å². The minimum absolute atomic E-state index is 0.0723. The van der Waals surface area contributed by atoms with Crippen molar-refractivity contribution in [2.75, 3.05) is 6.61 Å². The van der Waals surface area contributed by atoms with Crippen molar-refractivity contribution in [2.45, 2.75) is 26.2 Å². The molecule has 12 aromatic rings. The Balaban J connectivity index is 1.38. The SMILES string of the molecule is [C-]#[N+]/C(c1nc2ccccc2s1)=c1\c2c(-c3ccccc3C)n(B(c3ccccc3)c3ccccc3)/c(=C(/C#N)c3nc4ccccc4s3)c2c(-c2ccc(OCCCCC(=O)O)cc2)n1B(c1ccccc1)c1ccccc1. The predicted molar refractivity (Wildman–Crippen MR) is 325 cm³/mol. The molecule has 0 aliphatic heterocycles. The molecular formula is C66H48B2N6O3S2. The molecule has 0 bridgehead atoms. The molecule has 1 N–H and O–H groups in total. The number of rotatable bonds is 16. The van der Waals surface area contributed by atoms with E-state index in [0.717, 1.165) is 81.1 Å². The molecule has 0 fully saturated rings. The molecule has 4 aromatic heterocycles. The molecule has 0 saturated heterocycles. The maximum absolute atomic E-state index is 12.3. The molecule has 0 radical (unpaired) electrons. The lowest BCUT2D eigenvalue weighted by Gasteiger charge is -2.25. The first kappa shape index (κ1) is 50.3. The van der Waals surface area contributed by atoms with Crippen molar-refractivity contribution in [3.05, 3.63) is 256 Å². The van der Waals surface area contributed by atoms with Gasteiger partial charge < -0.3 is 18.8 Å². The van der Waals surface area contributed by atoms with Gasteiger partial charge in [-0.2, -0.15) is 5.26 Å². The van der Waals surface area contributed by atoms with E-state index in [1.807, 2.05) is 78.9 Å². The van der Waals surface area contributed by atoms with Gasteiger partial charge in [-0.15, -0.1) is 22.7 Å². The standard InChI is InChI=1S/C66H48B2N6O3S2/c1-44-23-15-16-32-51(44)62-59-58(63(52(43-69)65-71-53-33-17-19-35-55(53)78-65)74(62)68(48-28-11-5-12-29-48)49-30-13-6-14-31-49)61(45-38-40-50(41-39-45)77-42-22-21-37-57(75)76)73(67(46-24-7-3-8-25-46)47-26-9-4-10-27-47)64(59)60(70-2)66-72-54-34-18-20-36-56(54)79-66/h3-20,23-36,38-41H,21-22,37,42H2,1H3,(H,75,76)/b63-52-,64-60+. The second-order valence-electron chi connectivity index (χ2n) is 19.3. The number of fused-ring (bicyclic) bond motifs is 3. The summed E-state index contributed by atoms with van der Waals surface area (Å²) in [6.45, 7) is 11.0. The number of aliphatic carboxylic acids is 1. The summed E-state index contributed by atoms with van der Waals surface area (Å²) < 4.78 is 12.9. The number of carbonyl (C=O) groups is 1. The second kappa shape index (κ2) is 22.2. The van der Waals surface area contributed by atoms with Crippen LogP contribution in [0.4, 0.5) is 0 Å². The molecule has 0 saturated carbocycles. The highest BCUT2D eigenvalue weighted by atomic mass is 32.1. The summed E-state index contributed by atoms with van der Waals surface area (Å²) in [5, 5.41) is 25.6. The van der Waals surface area contributed by atoms with Crippen LogP contribution in [-0.4, -0.2) is 50.3 Å². The number of aryl methyl sites for hydroxylation is 1. The van der Waals surface area contributed by atoms with Crippen LogP contribution in [0.25, 0.3) is 69.8 Å². The van der Waals surface area contributed by atoms with E-state index in [-0.39, 0.29) is 6.42 Å². The third-order valence-electron chi connectivity index (χ3n) is 14.4. The quantitative estimate of drug-likeness (QED) is 0.0586. The van der Waals surface area contributed by atoms with Crippen LogP contribution in [0.1, 0.15) is 34.8 Å². The van der Waals surface area contributed by atoms with Crippen LogP contribution < -0.4 is 37.3 Å². The minimum Gasteiger partial charge on any atom is -0.494 e. The van der Waals surface area contributed by atoms with E-state index in [0.29, 0.717) is 57.2 Å². The van der Waals surface area contributed by atoms with E-state index in [2.05, 4.69) is 166 Å². The average molecular weight is 1060 g/mol. The van der Waals surface area contributed by atoms with E-state index < -0.39 is 19.7 Å². The van der Waals surface area contributed by atoms with Crippen molar-refractivity contribution >= 4 is 107 Å². The van der Waals surface area contributed by atoms with Gasteiger partial charge >= 0.3 is 19.7 Å². The Bertz CT molecular complexity index is 4190. The second-order valence-corrected chi connectivity index (χ2v) is 21.4. The number of para-hydroxylation sites is 2. The first-order chi connectivity index (χ1) is 38.9.